The average Bonchev–Trinajstić information content (AvgIpc) is 2.42. The zero-order valence-electron chi connectivity index (χ0n) is 12.0. The molecule has 0 unspecified atom stereocenters. The Morgan fingerprint density at radius 1 is 0.947 bits per heavy atom. The Balaban J connectivity index is 2.47. The van der Waals surface area contributed by atoms with Crippen LogP contribution >= 0.6 is 0 Å². The van der Waals surface area contributed by atoms with Gasteiger partial charge in [-0.25, -0.2) is 0 Å². The molecule has 0 heterocycles. The molecule has 0 radical (unpaired) electrons. The molecular formula is C17H22N2. The third-order valence-electron chi connectivity index (χ3n) is 3.41. The van der Waals surface area contributed by atoms with Gasteiger partial charge in [0.05, 0.1) is 0 Å². The molecule has 2 nitrogen and oxygen atoms in total. The van der Waals surface area contributed by atoms with E-state index in [4.69, 9.17) is 5.73 Å². The van der Waals surface area contributed by atoms with Crippen LogP contribution in [0.3, 0.4) is 0 Å². The van der Waals surface area contributed by atoms with E-state index in [1.165, 1.54) is 28.1 Å². The lowest BCUT2D eigenvalue weighted by Crippen LogP contribution is -2.18. The number of rotatable bonds is 4. The van der Waals surface area contributed by atoms with E-state index in [0.717, 1.165) is 6.54 Å². The Hall–Kier alpha value is -1.80. The summed E-state index contributed by atoms with van der Waals surface area (Å²) in [6.07, 6.45) is 0. The molecule has 0 spiro atoms. The van der Waals surface area contributed by atoms with Crippen molar-refractivity contribution in [3.05, 3.63) is 59.2 Å². The van der Waals surface area contributed by atoms with E-state index in [0.29, 0.717) is 6.54 Å². The second kappa shape index (κ2) is 5.89. The molecule has 0 aliphatic rings. The number of nitrogens with two attached hydrogens (primary N) is 1. The molecule has 0 amide bonds. The largest absolute Gasteiger partial charge is 0.341 e. The van der Waals surface area contributed by atoms with Crippen molar-refractivity contribution < 1.29 is 0 Å². The van der Waals surface area contributed by atoms with Gasteiger partial charge in [-0.1, -0.05) is 29.8 Å². The molecule has 0 fully saturated rings. The molecule has 0 aliphatic heterocycles. The summed E-state index contributed by atoms with van der Waals surface area (Å²) in [7, 11) is 0. The Morgan fingerprint density at radius 3 is 2.16 bits per heavy atom. The van der Waals surface area contributed by atoms with Crippen molar-refractivity contribution in [2.24, 2.45) is 5.73 Å². The smallest absolute Gasteiger partial charge is 0.0458 e. The lowest BCUT2D eigenvalue weighted by atomic mass is 10.1. The van der Waals surface area contributed by atoms with E-state index in [1.54, 1.807) is 0 Å². The first-order valence-electron chi connectivity index (χ1n) is 6.79. The van der Waals surface area contributed by atoms with Crippen molar-refractivity contribution in [2.45, 2.75) is 27.3 Å². The quantitative estimate of drug-likeness (QED) is 0.896. The number of anilines is 2. The minimum Gasteiger partial charge on any atom is -0.341 e. The van der Waals surface area contributed by atoms with Crippen molar-refractivity contribution in [1.29, 1.82) is 0 Å². The number of hydrogen-bond acceptors (Lipinski definition) is 2. The van der Waals surface area contributed by atoms with Gasteiger partial charge in [-0.3, -0.25) is 0 Å². The van der Waals surface area contributed by atoms with E-state index in [9.17, 15) is 0 Å². The van der Waals surface area contributed by atoms with Gasteiger partial charge in [0.25, 0.3) is 0 Å². The molecule has 0 aromatic heterocycles. The summed E-state index contributed by atoms with van der Waals surface area (Å²) in [6, 6.07) is 15.1. The fourth-order valence-corrected chi connectivity index (χ4v) is 2.31. The minimum atomic E-state index is 0.567. The number of benzene rings is 2. The average molecular weight is 254 g/mol. The highest BCUT2D eigenvalue weighted by Gasteiger charge is 2.11. The summed E-state index contributed by atoms with van der Waals surface area (Å²) < 4.78 is 0. The summed E-state index contributed by atoms with van der Waals surface area (Å²) in [6.45, 7) is 7.89. The van der Waals surface area contributed by atoms with Crippen LogP contribution in [-0.2, 0) is 6.54 Å². The normalized spacial score (nSPS) is 10.5. The van der Waals surface area contributed by atoms with E-state index in [2.05, 4.69) is 68.1 Å². The van der Waals surface area contributed by atoms with Gasteiger partial charge in [0, 0.05) is 24.5 Å². The molecule has 2 N–H and O–H groups in total. The predicted octanol–water partition coefficient (Wildman–Crippen LogP) is 3.92. The Kier molecular flexibility index (Phi) is 4.23. The van der Waals surface area contributed by atoms with Crippen LogP contribution in [0.5, 0.6) is 0 Å². The molecular weight excluding hydrogens is 232 g/mol. The van der Waals surface area contributed by atoms with Crippen LogP contribution in [0.25, 0.3) is 0 Å². The summed E-state index contributed by atoms with van der Waals surface area (Å²) in [4.78, 5) is 2.31. The van der Waals surface area contributed by atoms with Gasteiger partial charge in [0.15, 0.2) is 0 Å². The molecule has 0 aliphatic carbocycles. The van der Waals surface area contributed by atoms with Gasteiger partial charge in [-0.15, -0.1) is 0 Å². The van der Waals surface area contributed by atoms with Crippen LogP contribution in [0.2, 0.25) is 0 Å². The first-order chi connectivity index (χ1) is 9.15. The Labute approximate surface area is 115 Å². The molecule has 0 saturated carbocycles. The molecule has 2 aromatic carbocycles. The van der Waals surface area contributed by atoms with Crippen LogP contribution in [0.4, 0.5) is 11.4 Å². The maximum absolute atomic E-state index is 5.87. The van der Waals surface area contributed by atoms with Gasteiger partial charge < -0.3 is 10.6 Å². The topological polar surface area (TPSA) is 29.3 Å². The maximum atomic E-state index is 5.87. The maximum Gasteiger partial charge on any atom is 0.0458 e. The van der Waals surface area contributed by atoms with Gasteiger partial charge in [-0.2, -0.15) is 0 Å². The monoisotopic (exact) mass is 254 g/mol. The van der Waals surface area contributed by atoms with Crippen molar-refractivity contribution >= 4 is 11.4 Å². The minimum absolute atomic E-state index is 0.567. The Bertz CT molecular complexity index is 544. The van der Waals surface area contributed by atoms with E-state index in [1.807, 2.05) is 0 Å². The second-order valence-electron chi connectivity index (χ2n) is 4.92. The van der Waals surface area contributed by atoms with Crippen LogP contribution in [0, 0.1) is 13.8 Å². The van der Waals surface area contributed by atoms with Crippen molar-refractivity contribution in [3.8, 4) is 0 Å². The van der Waals surface area contributed by atoms with Gasteiger partial charge in [0.2, 0.25) is 0 Å². The van der Waals surface area contributed by atoms with E-state index >= 15 is 0 Å². The van der Waals surface area contributed by atoms with Gasteiger partial charge in [-0.05, 0) is 50.1 Å². The lowest BCUT2D eigenvalue weighted by molar-refractivity contribution is 0.981. The molecule has 0 saturated heterocycles. The predicted molar refractivity (Wildman–Crippen MR) is 82.9 cm³/mol. The first-order valence-corrected chi connectivity index (χ1v) is 6.79. The zero-order chi connectivity index (χ0) is 13.8. The van der Waals surface area contributed by atoms with Crippen molar-refractivity contribution in [1.82, 2.24) is 0 Å². The molecule has 0 bridgehead atoms. The van der Waals surface area contributed by atoms with Gasteiger partial charge >= 0.3 is 0 Å². The molecule has 100 valence electrons. The van der Waals surface area contributed by atoms with Crippen LogP contribution in [0.1, 0.15) is 23.6 Å². The fourth-order valence-electron chi connectivity index (χ4n) is 2.31. The molecule has 2 aromatic rings. The highest BCUT2D eigenvalue weighted by atomic mass is 15.1. The highest BCUT2D eigenvalue weighted by Crippen LogP contribution is 2.29. The standard InChI is InChI=1S/C17H22N2/c1-4-19(16-9-6-13(2)7-10-16)17-11-14(3)5-8-15(17)12-18/h5-11H,4,12,18H2,1-3H3. The Morgan fingerprint density at radius 2 is 1.58 bits per heavy atom. The van der Waals surface area contributed by atoms with Crippen molar-refractivity contribution in [3.63, 3.8) is 0 Å². The van der Waals surface area contributed by atoms with Crippen LogP contribution in [0.15, 0.2) is 42.5 Å². The highest BCUT2D eigenvalue weighted by molar-refractivity contribution is 5.67. The van der Waals surface area contributed by atoms with Crippen LogP contribution < -0.4 is 10.6 Å². The third kappa shape index (κ3) is 2.96. The molecule has 19 heavy (non-hydrogen) atoms. The summed E-state index contributed by atoms with van der Waals surface area (Å²) >= 11 is 0. The first kappa shape index (κ1) is 13.6. The third-order valence-corrected chi connectivity index (χ3v) is 3.41. The van der Waals surface area contributed by atoms with Crippen molar-refractivity contribution in [2.75, 3.05) is 11.4 Å². The molecule has 0 atom stereocenters. The lowest BCUT2D eigenvalue weighted by Gasteiger charge is -2.26. The summed E-state index contributed by atoms with van der Waals surface area (Å²) in [5.74, 6) is 0. The van der Waals surface area contributed by atoms with Crippen LogP contribution in [-0.4, -0.2) is 6.54 Å². The second-order valence-corrected chi connectivity index (χ2v) is 4.92. The fraction of sp³-hybridized carbons (Fsp3) is 0.294. The summed E-state index contributed by atoms with van der Waals surface area (Å²) in [5, 5.41) is 0. The molecule has 2 rings (SSSR count). The number of aryl methyl sites for hydroxylation is 2. The summed E-state index contributed by atoms with van der Waals surface area (Å²) in [5.41, 5.74) is 12.0. The SMILES string of the molecule is CCN(c1ccc(C)cc1)c1cc(C)ccc1CN. The van der Waals surface area contributed by atoms with E-state index < -0.39 is 0 Å². The molecule has 2 heteroatoms. The number of nitrogens with zero attached hydrogens (tertiary/aromatic N) is 1. The van der Waals surface area contributed by atoms with Gasteiger partial charge in [0.1, 0.15) is 0 Å². The van der Waals surface area contributed by atoms with E-state index in [-0.39, 0.29) is 0 Å². The zero-order valence-corrected chi connectivity index (χ0v) is 12.0. The number of hydrogen-bond donors (Lipinski definition) is 1.